The summed E-state index contributed by atoms with van der Waals surface area (Å²) in [5.41, 5.74) is 2.84. The summed E-state index contributed by atoms with van der Waals surface area (Å²) in [6, 6.07) is 12.2. The first-order chi connectivity index (χ1) is 9.24. The molecule has 0 radical (unpaired) electrons. The molecule has 2 heterocycles. The molecular formula is C16H17NO2. The molecule has 2 aromatic rings. The molecule has 1 aromatic carbocycles. The number of ketones is 1. The highest BCUT2D eigenvalue weighted by atomic mass is 16.4. The lowest BCUT2D eigenvalue weighted by Crippen LogP contribution is -2.25. The van der Waals surface area contributed by atoms with Crippen LogP contribution in [0.1, 0.15) is 28.6 Å². The first kappa shape index (κ1) is 12.0. The van der Waals surface area contributed by atoms with Gasteiger partial charge in [0.1, 0.15) is 0 Å². The number of hydrogen-bond acceptors (Lipinski definition) is 3. The maximum atomic E-state index is 11.3. The van der Waals surface area contributed by atoms with E-state index < -0.39 is 0 Å². The van der Waals surface area contributed by atoms with Gasteiger partial charge in [0.05, 0.1) is 0 Å². The maximum absolute atomic E-state index is 11.3. The topological polar surface area (TPSA) is 33.5 Å². The lowest BCUT2D eigenvalue weighted by Gasteiger charge is -2.18. The molecule has 0 bridgehead atoms. The summed E-state index contributed by atoms with van der Waals surface area (Å²) in [6.07, 6.45) is 2.04. The number of furan rings is 1. The Labute approximate surface area is 112 Å². The van der Waals surface area contributed by atoms with E-state index in [4.69, 9.17) is 4.42 Å². The van der Waals surface area contributed by atoms with Crippen molar-refractivity contribution in [3.05, 3.63) is 53.3 Å². The van der Waals surface area contributed by atoms with Crippen LogP contribution in [0.15, 0.2) is 40.8 Å². The molecule has 3 nitrogen and oxygen atoms in total. The number of Topliss-reactive ketones (excluding diaryl/α,β-unsaturated/α-hetero) is 1. The molecule has 3 heteroatoms. The van der Waals surface area contributed by atoms with Crippen LogP contribution in [0.3, 0.4) is 0 Å². The standard InChI is InChI=1S/C16H17NO2/c1-12(18)15-6-7-16(19-15)17-10-8-13-4-2-3-5-14(13)9-11-17/h2-7H,8-11H2,1H3. The predicted octanol–water partition coefficient (Wildman–Crippen LogP) is 3.09. The van der Waals surface area contributed by atoms with Gasteiger partial charge in [0, 0.05) is 26.1 Å². The van der Waals surface area contributed by atoms with Crippen LogP contribution in [-0.2, 0) is 12.8 Å². The van der Waals surface area contributed by atoms with Crippen molar-refractivity contribution in [2.24, 2.45) is 0 Å². The minimum atomic E-state index is -0.0237. The average molecular weight is 255 g/mol. The van der Waals surface area contributed by atoms with Gasteiger partial charge in [0.15, 0.2) is 17.4 Å². The Morgan fingerprint density at radius 3 is 2.21 bits per heavy atom. The molecule has 0 saturated carbocycles. The van der Waals surface area contributed by atoms with Crippen molar-refractivity contribution in [1.82, 2.24) is 0 Å². The summed E-state index contributed by atoms with van der Waals surface area (Å²) in [4.78, 5) is 13.5. The molecule has 0 atom stereocenters. The molecule has 0 spiro atoms. The van der Waals surface area contributed by atoms with E-state index in [1.807, 2.05) is 6.07 Å². The van der Waals surface area contributed by atoms with Crippen molar-refractivity contribution >= 4 is 11.7 Å². The highest BCUT2D eigenvalue weighted by Gasteiger charge is 2.17. The lowest BCUT2D eigenvalue weighted by molar-refractivity contribution is 0.0988. The smallest absolute Gasteiger partial charge is 0.196 e. The van der Waals surface area contributed by atoms with Gasteiger partial charge in [-0.3, -0.25) is 4.79 Å². The van der Waals surface area contributed by atoms with Crippen LogP contribution in [0.25, 0.3) is 0 Å². The van der Waals surface area contributed by atoms with Crippen molar-refractivity contribution < 1.29 is 9.21 Å². The maximum Gasteiger partial charge on any atom is 0.196 e. The Hall–Kier alpha value is -2.03. The minimum Gasteiger partial charge on any atom is -0.437 e. The molecule has 0 aliphatic carbocycles. The SMILES string of the molecule is CC(=O)c1ccc(N2CCc3ccccc3CC2)o1. The van der Waals surface area contributed by atoms with Gasteiger partial charge in [0.2, 0.25) is 0 Å². The summed E-state index contributed by atoms with van der Waals surface area (Å²) >= 11 is 0. The van der Waals surface area contributed by atoms with Crippen LogP contribution in [0.5, 0.6) is 0 Å². The zero-order chi connectivity index (χ0) is 13.2. The van der Waals surface area contributed by atoms with Crippen LogP contribution >= 0.6 is 0 Å². The number of fused-ring (bicyclic) bond motifs is 1. The Bertz CT molecular complexity index is 573. The Balaban J connectivity index is 1.79. The summed E-state index contributed by atoms with van der Waals surface area (Å²) in [6.45, 7) is 3.39. The molecule has 19 heavy (non-hydrogen) atoms. The van der Waals surface area contributed by atoms with E-state index >= 15 is 0 Å². The van der Waals surface area contributed by atoms with Gasteiger partial charge in [-0.15, -0.1) is 0 Å². The zero-order valence-corrected chi connectivity index (χ0v) is 11.1. The number of nitrogens with zero attached hydrogens (tertiary/aromatic N) is 1. The fourth-order valence-corrected chi connectivity index (χ4v) is 2.58. The van der Waals surface area contributed by atoms with Crippen LogP contribution in [-0.4, -0.2) is 18.9 Å². The van der Waals surface area contributed by atoms with Crippen LogP contribution in [0.2, 0.25) is 0 Å². The molecule has 98 valence electrons. The molecule has 0 saturated heterocycles. The van der Waals surface area contributed by atoms with E-state index in [1.165, 1.54) is 18.1 Å². The molecule has 0 fully saturated rings. The summed E-state index contributed by atoms with van der Waals surface area (Å²) < 4.78 is 5.62. The fraction of sp³-hybridized carbons (Fsp3) is 0.312. The third-order valence-corrected chi connectivity index (χ3v) is 3.67. The van der Waals surface area contributed by atoms with E-state index in [0.29, 0.717) is 5.76 Å². The normalized spacial score (nSPS) is 14.9. The number of carbonyl (C=O) groups is 1. The minimum absolute atomic E-state index is 0.0237. The first-order valence-electron chi connectivity index (χ1n) is 6.66. The van der Waals surface area contributed by atoms with Gasteiger partial charge < -0.3 is 9.32 Å². The summed E-state index contributed by atoms with van der Waals surface area (Å²) in [5, 5.41) is 0. The van der Waals surface area contributed by atoms with Crippen molar-refractivity contribution in [1.29, 1.82) is 0 Å². The van der Waals surface area contributed by atoms with E-state index in [2.05, 4.69) is 29.2 Å². The van der Waals surface area contributed by atoms with Crippen molar-refractivity contribution in [3.63, 3.8) is 0 Å². The van der Waals surface area contributed by atoms with Crippen molar-refractivity contribution in [2.45, 2.75) is 19.8 Å². The van der Waals surface area contributed by atoms with Gasteiger partial charge in [0.25, 0.3) is 0 Å². The number of carbonyl (C=O) groups excluding carboxylic acids is 1. The fourth-order valence-electron chi connectivity index (χ4n) is 2.58. The second kappa shape index (κ2) is 4.92. The largest absolute Gasteiger partial charge is 0.437 e. The molecular weight excluding hydrogens is 238 g/mol. The Kier molecular flexibility index (Phi) is 3.11. The van der Waals surface area contributed by atoms with E-state index in [0.717, 1.165) is 31.8 Å². The molecule has 3 rings (SSSR count). The number of rotatable bonds is 2. The molecule has 0 amide bonds. The lowest BCUT2D eigenvalue weighted by atomic mass is 10.0. The monoisotopic (exact) mass is 255 g/mol. The first-order valence-corrected chi connectivity index (χ1v) is 6.66. The second-order valence-electron chi connectivity index (χ2n) is 4.95. The highest BCUT2D eigenvalue weighted by Crippen LogP contribution is 2.23. The third kappa shape index (κ3) is 2.41. The van der Waals surface area contributed by atoms with E-state index in [1.54, 1.807) is 6.07 Å². The summed E-state index contributed by atoms with van der Waals surface area (Å²) in [5.74, 6) is 1.22. The van der Waals surface area contributed by atoms with Gasteiger partial charge in [-0.05, 0) is 30.0 Å². The Morgan fingerprint density at radius 1 is 1.05 bits per heavy atom. The molecule has 1 aliphatic rings. The molecule has 1 aliphatic heterocycles. The summed E-state index contributed by atoms with van der Waals surface area (Å²) in [7, 11) is 0. The third-order valence-electron chi connectivity index (χ3n) is 3.67. The highest BCUT2D eigenvalue weighted by molar-refractivity contribution is 5.91. The van der Waals surface area contributed by atoms with E-state index in [-0.39, 0.29) is 5.78 Å². The average Bonchev–Trinajstić information content (AvgIpc) is 2.80. The van der Waals surface area contributed by atoms with Crippen molar-refractivity contribution in [3.8, 4) is 0 Å². The van der Waals surface area contributed by atoms with Crippen LogP contribution < -0.4 is 4.90 Å². The quantitative estimate of drug-likeness (QED) is 0.773. The van der Waals surface area contributed by atoms with Crippen molar-refractivity contribution in [2.75, 3.05) is 18.0 Å². The second-order valence-corrected chi connectivity index (χ2v) is 4.95. The zero-order valence-electron chi connectivity index (χ0n) is 11.1. The number of benzene rings is 1. The van der Waals surface area contributed by atoms with Crippen LogP contribution in [0.4, 0.5) is 5.88 Å². The van der Waals surface area contributed by atoms with Gasteiger partial charge in [-0.2, -0.15) is 0 Å². The van der Waals surface area contributed by atoms with Gasteiger partial charge in [-0.25, -0.2) is 0 Å². The predicted molar refractivity (Wildman–Crippen MR) is 74.8 cm³/mol. The van der Waals surface area contributed by atoms with E-state index in [9.17, 15) is 4.79 Å². The van der Waals surface area contributed by atoms with Crippen LogP contribution in [0, 0.1) is 0 Å². The molecule has 1 aromatic heterocycles. The number of anilines is 1. The van der Waals surface area contributed by atoms with Gasteiger partial charge >= 0.3 is 0 Å². The molecule has 0 N–H and O–H groups in total. The Morgan fingerprint density at radius 2 is 1.68 bits per heavy atom. The number of hydrogen-bond donors (Lipinski definition) is 0. The van der Waals surface area contributed by atoms with Gasteiger partial charge in [-0.1, -0.05) is 24.3 Å². The molecule has 0 unspecified atom stereocenters.